The lowest BCUT2D eigenvalue weighted by Gasteiger charge is -2.13. The Bertz CT molecular complexity index is 70.7. The van der Waals surface area contributed by atoms with Crippen LogP contribution in [0.2, 0.25) is 0 Å². The number of rotatable bonds is 3. The summed E-state index contributed by atoms with van der Waals surface area (Å²) in [5, 5.41) is 26.2. The van der Waals surface area contributed by atoms with Crippen molar-refractivity contribution in [3.63, 3.8) is 0 Å². The van der Waals surface area contributed by atoms with E-state index in [0.29, 0.717) is 0 Å². The smallest absolute Gasteiger partial charge is 0.119 e. The molecule has 3 N–H and O–H groups in total. The minimum Gasteiger partial charge on any atom is -0.393 e. The standard InChI is InChI=1S/C6H13O3/c1-4(7)3-6(9)5(2)8/h4,6-9H,3H2,1-2H3. The summed E-state index contributed by atoms with van der Waals surface area (Å²) in [6.45, 7) is 2.97. The van der Waals surface area contributed by atoms with Gasteiger partial charge in [0.1, 0.15) is 6.10 Å². The van der Waals surface area contributed by atoms with Gasteiger partial charge >= 0.3 is 0 Å². The van der Waals surface area contributed by atoms with Crippen molar-refractivity contribution >= 4 is 0 Å². The quantitative estimate of drug-likeness (QED) is 0.509. The van der Waals surface area contributed by atoms with Gasteiger partial charge in [-0.2, -0.15) is 0 Å². The van der Waals surface area contributed by atoms with Crippen molar-refractivity contribution in [1.82, 2.24) is 0 Å². The highest BCUT2D eigenvalue weighted by molar-refractivity contribution is 4.79. The molecule has 0 aliphatic rings. The van der Waals surface area contributed by atoms with E-state index >= 15 is 0 Å². The first-order valence-corrected chi connectivity index (χ1v) is 2.92. The van der Waals surface area contributed by atoms with Crippen molar-refractivity contribution in [2.24, 2.45) is 0 Å². The van der Waals surface area contributed by atoms with E-state index in [-0.39, 0.29) is 12.5 Å². The summed E-state index contributed by atoms with van der Waals surface area (Å²) in [7, 11) is 0. The molecule has 3 nitrogen and oxygen atoms in total. The predicted molar refractivity (Wildman–Crippen MR) is 33.2 cm³/mol. The third-order valence-electron chi connectivity index (χ3n) is 1.05. The van der Waals surface area contributed by atoms with Gasteiger partial charge in [-0.15, -0.1) is 0 Å². The van der Waals surface area contributed by atoms with Crippen LogP contribution in [0.3, 0.4) is 0 Å². The largest absolute Gasteiger partial charge is 0.393 e. The molecule has 0 aromatic heterocycles. The Hall–Kier alpha value is -0.120. The van der Waals surface area contributed by atoms with E-state index in [4.69, 9.17) is 15.3 Å². The zero-order valence-electron chi connectivity index (χ0n) is 5.70. The minimum atomic E-state index is -0.884. The zero-order valence-corrected chi connectivity index (χ0v) is 5.70. The van der Waals surface area contributed by atoms with E-state index in [1.807, 2.05) is 0 Å². The van der Waals surface area contributed by atoms with Gasteiger partial charge in [0.15, 0.2) is 0 Å². The monoisotopic (exact) mass is 133 g/mol. The van der Waals surface area contributed by atoms with Crippen molar-refractivity contribution in [1.29, 1.82) is 0 Å². The second kappa shape index (κ2) is 3.82. The average molecular weight is 133 g/mol. The summed E-state index contributed by atoms with van der Waals surface area (Å²) in [6, 6.07) is 0. The lowest BCUT2D eigenvalue weighted by molar-refractivity contribution is 0.0544. The first-order valence-electron chi connectivity index (χ1n) is 2.92. The Morgan fingerprint density at radius 2 is 1.89 bits per heavy atom. The molecule has 0 amide bonds. The molecule has 0 saturated heterocycles. The topological polar surface area (TPSA) is 60.7 Å². The molecule has 0 aliphatic heterocycles. The van der Waals surface area contributed by atoms with Crippen LogP contribution in [0.4, 0.5) is 0 Å². The highest BCUT2D eigenvalue weighted by Gasteiger charge is 2.13. The van der Waals surface area contributed by atoms with Crippen LogP contribution in [0.15, 0.2) is 0 Å². The van der Waals surface area contributed by atoms with E-state index in [9.17, 15) is 0 Å². The van der Waals surface area contributed by atoms with Gasteiger partial charge in [0.05, 0.1) is 12.2 Å². The molecule has 1 radical (unpaired) electrons. The highest BCUT2D eigenvalue weighted by Crippen LogP contribution is 2.06. The maximum Gasteiger partial charge on any atom is 0.119 e. The molecule has 55 valence electrons. The Kier molecular flexibility index (Phi) is 3.77. The van der Waals surface area contributed by atoms with Gasteiger partial charge in [-0.3, -0.25) is 0 Å². The molecule has 0 heterocycles. The molecule has 0 fully saturated rings. The molecule has 0 aromatic carbocycles. The van der Waals surface area contributed by atoms with Gasteiger partial charge in [0, 0.05) is 6.42 Å². The lowest BCUT2D eigenvalue weighted by atomic mass is 10.1. The first kappa shape index (κ1) is 8.88. The van der Waals surface area contributed by atoms with Gasteiger partial charge in [-0.1, -0.05) is 0 Å². The van der Waals surface area contributed by atoms with Crippen LogP contribution in [-0.4, -0.2) is 27.5 Å². The Labute approximate surface area is 54.9 Å². The summed E-state index contributed by atoms with van der Waals surface area (Å²) in [5.74, 6) is 0. The lowest BCUT2D eigenvalue weighted by Crippen LogP contribution is -2.20. The predicted octanol–water partition coefficient (Wildman–Crippen LogP) is 0.0426. The van der Waals surface area contributed by atoms with Gasteiger partial charge in [0.25, 0.3) is 0 Å². The molecule has 0 spiro atoms. The van der Waals surface area contributed by atoms with Crippen molar-refractivity contribution in [3.05, 3.63) is 6.10 Å². The molecule has 0 saturated carbocycles. The van der Waals surface area contributed by atoms with E-state index < -0.39 is 12.2 Å². The molecule has 2 unspecified atom stereocenters. The maximum atomic E-state index is 8.85. The summed E-state index contributed by atoms with van der Waals surface area (Å²) in [6.07, 6.45) is -1.30. The molecule has 0 rings (SSSR count). The van der Waals surface area contributed by atoms with Crippen LogP contribution >= 0.6 is 0 Å². The van der Waals surface area contributed by atoms with Crippen LogP contribution in [0, 0.1) is 6.10 Å². The first-order chi connectivity index (χ1) is 4.04. The van der Waals surface area contributed by atoms with Crippen LogP contribution in [0.1, 0.15) is 20.3 Å². The number of aliphatic hydroxyl groups excluding tert-OH is 3. The van der Waals surface area contributed by atoms with Crippen molar-refractivity contribution < 1.29 is 15.3 Å². The maximum absolute atomic E-state index is 8.85. The number of aliphatic hydroxyl groups is 3. The number of hydrogen-bond acceptors (Lipinski definition) is 3. The molecular formula is C6H13O3. The van der Waals surface area contributed by atoms with Crippen LogP contribution in [0.25, 0.3) is 0 Å². The second-order valence-electron chi connectivity index (χ2n) is 2.24. The highest BCUT2D eigenvalue weighted by atomic mass is 16.3. The summed E-state index contributed by atoms with van der Waals surface area (Å²) in [4.78, 5) is 0. The normalized spacial score (nSPS) is 18.0. The molecule has 0 aromatic rings. The Balaban J connectivity index is 3.38. The van der Waals surface area contributed by atoms with E-state index in [2.05, 4.69) is 0 Å². The zero-order chi connectivity index (χ0) is 7.44. The van der Waals surface area contributed by atoms with Gasteiger partial charge in [-0.25, -0.2) is 0 Å². The molecular weight excluding hydrogens is 120 g/mol. The molecule has 3 heteroatoms. The SMILES string of the molecule is C[C](O)C(O)CC(C)O. The van der Waals surface area contributed by atoms with Crippen molar-refractivity contribution in [3.8, 4) is 0 Å². The van der Waals surface area contributed by atoms with E-state index in [1.54, 1.807) is 6.92 Å². The van der Waals surface area contributed by atoms with Crippen molar-refractivity contribution in [2.75, 3.05) is 0 Å². The number of hydrogen-bond donors (Lipinski definition) is 3. The van der Waals surface area contributed by atoms with Crippen LogP contribution in [-0.2, 0) is 0 Å². The summed E-state index contributed by atoms with van der Waals surface area (Å²) in [5.41, 5.74) is 0. The van der Waals surface area contributed by atoms with E-state index in [0.717, 1.165) is 0 Å². The fourth-order valence-electron chi connectivity index (χ4n) is 0.494. The Morgan fingerprint density at radius 3 is 2.00 bits per heavy atom. The van der Waals surface area contributed by atoms with Gasteiger partial charge < -0.3 is 15.3 Å². The van der Waals surface area contributed by atoms with Gasteiger partial charge in [0.2, 0.25) is 0 Å². The summed E-state index contributed by atoms with van der Waals surface area (Å²) >= 11 is 0. The molecule has 0 bridgehead atoms. The fourth-order valence-corrected chi connectivity index (χ4v) is 0.494. The third-order valence-corrected chi connectivity index (χ3v) is 1.05. The Morgan fingerprint density at radius 1 is 1.44 bits per heavy atom. The second-order valence-corrected chi connectivity index (χ2v) is 2.24. The third kappa shape index (κ3) is 4.39. The minimum absolute atomic E-state index is 0.0455. The molecule has 9 heavy (non-hydrogen) atoms. The molecule has 2 atom stereocenters. The summed E-state index contributed by atoms with van der Waals surface area (Å²) < 4.78 is 0. The van der Waals surface area contributed by atoms with Crippen LogP contribution in [0.5, 0.6) is 0 Å². The van der Waals surface area contributed by atoms with Crippen LogP contribution < -0.4 is 0 Å². The molecule has 0 aliphatic carbocycles. The van der Waals surface area contributed by atoms with Gasteiger partial charge in [-0.05, 0) is 13.8 Å². The fraction of sp³-hybridized carbons (Fsp3) is 0.833. The van der Waals surface area contributed by atoms with Crippen molar-refractivity contribution in [2.45, 2.75) is 32.5 Å². The average Bonchev–Trinajstić information content (AvgIpc) is 1.63. The van der Waals surface area contributed by atoms with E-state index in [1.165, 1.54) is 6.92 Å².